The van der Waals surface area contributed by atoms with Gasteiger partial charge >= 0.3 is 0 Å². The number of hydrogen-bond donors (Lipinski definition) is 1. The minimum absolute atomic E-state index is 0.0502. The molecule has 2 aromatic rings. The zero-order valence-electron chi connectivity index (χ0n) is 12.5. The quantitative estimate of drug-likeness (QED) is 0.889. The van der Waals surface area contributed by atoms with Crippen molar-refractivity contribution in [3.8, 4) is 0 Å². The molecule has 118 valence electrons. The standard InChI is InChI=1S/C16H19FN2O2S/c1-13(19(2)15-8-4-3-5-9-15)12-18-22(20,21)16-10-6-7-14(17)11-16/h3-11,13,18H,12H2,1-2H3/t13-/m0/s1. The fourth-order valence-corrected chi connectivity index (χ4v) is 3.16. The van der Waals surface area contributed by atoms with Crippen molar-refractivity contribution in [2.24, 2.45) is 0 Å². The molecular weight excluding hydrogens is 303 g/mol. The van der Waals surface area contributed by atoms with E-state index in [-0.39, 0.29) is 17.5 Å². The van der Waals surface area contributed by atoms with Gasteiger partial charge in [0.1, 0.15) is 5.82 Å². The SMILES string of the molecule is C[C@@H](CNS(=O)(=O)c1cccc(F)c1)N(C)c1ccccc1. The van der Waals surface area contributed by atoms with E-state index in [1.54, 1.807) is 0 Å². The van der Waals surface area contributed by atoms with Gasteiger partial charge in [0.05, 0.1) is 4.90 Å². The smallest absolute Gasteiger partial charge is 0.240 e. The molecule has 6 heteroatoms. The second-order valence-electron chi connectivity index (χ2n) is 5.10. The Hall–Kier alpha value is -1.92. The van der Waals surface area contributed by atoms with Crippen LogP contribution in [0, 0.1) is 5.82 Å². The molecule has 0 radical (unpaired) electrons. The largest absolute Gasteiger partial charge is 0.371 e. The molecule has 2 aromatic carbocycles. The predicted molar refractivity (Wildman–Crippen MR) is 85.9 cm³/mol. The van der Waals surface area contributed by atoms with Crippen LogP contribution in [0.3, 0.4) is 0 Å². The van der Waals surface area contributed by atoms with Crippen LogP contribution in [0.4, 0.5) is 10.1 Å². The number of benzene rings is 2. The summed E-state index contributed by atoms with van der Waals surface area (Å²) in [5, 5.41) is 0. The number of nitrogens with zero attached hydrogens (tertiary/aromatic N) is 1. The van der Waals surface area contributed by atoms with Crippen LogP contribution in [0.2, 0.25) is 0 Å². The third kappa shape index (κ3) is 4.05. The highest BCUT2D eigenvalue weighted by atomic mass is 32.2. The number of halogens is 1. The van der Waals surface area contributed by atoms with Crippen LogP contribution >= 0.6 is 0 Å². The summed E-state index contributed by atoms with van der Waals surface area (Å²) in [5.74, 6) is -0.572. The van der Waals surface area contributed by atoms with Crippen LogP contribution in [-0.2, 0) is 10.0 Å². The third-order valence-corrected chi connectivity index (χ3v) is 4.92. The summed E-state index contributed by atoms with van der Waals surface area (Å²) in [6.07, 6.45) is 0. The Labute approximate surface area is 130 Å². The predicted octanol–water partition coefficient (Wildman–Crippen LogP) is 2.63. The topological polar surface area (TPSA) is 49.4 Å². The maximum Gasteiger partial charge on any atom is 0.240 e. The van der Waals surface area contributed by atoms with Gasteiger partial charge in [-0.05, 0) is 37.3 Å². The van der Waals surface area contributed by atoms with Crippen LogP contribution in [0.15, 0.2) is 59.5 Å². The fourth-order valence-electron chi connectivity index (χ4n) is 2.00. The second kappa shape index (κ2) is 6.89. The summed E-state index contributed by atoms with van der Waals surface area (Å²) in [5.41, 5.74) is 1.000. The number of nitrogens with one attached hydrogen (secondary N) is 1. The van der Waals surface area contributed by atoms with E-state index in [1.165, 1.54) is 18.2 Å². The summed E-state index contributed by atoms with van der Waals surface area (Å²) < 4.78 is 40.0. The lowest BCUT2D eigenvalue weighted by Gasteiger charge is -2.27. The third-order valence-electron chi connectivity index (χ3n) is 3.50. The molecule has 0 unspecified atom stereocenters. The number of hydrogen-bond acceptors (Lipinski definition) is 3. The van der Waals surface area contributed by atoms with Crippen molar-refractivity contribution < 1.29 is 12.8 Å². The zero-order valence-corrected chi connectivity index (χ0v) is 13.3. The molecule has 1 N–H and O–H groups in total. The van der Waals surface area contributed by atoms with Crippen molar-refractivity contribution in [3.05, 3.63) is 60.4 Å². The first kappa shape index (κ1) is 16.5. The van der Waals surface area contributed by atoms with E-state index in [0.29, 0.717) is 0 Å². The minimum Gasteiger partial charge on any atom is -0.371 e. The molecule has 0 aliphatic heterocycles. The van der Waals surface area contributed by atoms with Gasteiger partial charge in [0.25, 0.3) is 0 Å². The molecule has 0 heterocycles. The Bertz CT molecular complexity index is 720. The Morgan fingerprint density at radius 2 is 1.82 bits per heavy atom. The van der Waals surface area contributed by atoms with E-state index in [1.807, 2.05) is 49.2 Å². The highest BCUT2D eigenvalue weighted by Crippen LogP contribution is 2.15. The molecule has 4 nitrogen and oxygen atoms in total. The highest BCUT2D eigenvalue weighted by molar-refractivity contribution is 7.89. The number of rotatable bonds is 6. The van der Waals surface area contributed by atoms with E-state index in [4.69, 9.17) is 0 Å². The molecule has 0 aliphatic carbocycles. The average Bonchev–Trinajstić information content (AvgIpc) is 2.53. The first-order chi connectivity index (χ1) is 10.4. The first-order valence-corrected chi connectivity index (χ1v) is 8.41. The number of para-hydroxylation sites is 1. The van der Waals surface area contributed by atoms with Crippen molar-refractivity contribution >= 4 is 15.7 Å². The van der Waals surface area contributed by atoms with Gasteiger partial charge in [-0.3, -0.25) is 0 Å². The lowest BCUT2D eigenvalue weighted by molar-refractivity contribution is 0.567. The monoisotopic (exact) mass is 322 g/mol. The first-order valence-electron chi connectivity index (χ1n) is 6.93. The molecule has 2 rings (SSSR count). The Morgan fingerprint density at radius 1 is 1.14 bits per heavy atom. The minimum atomic E-state index is -3.71. The molecule has 22 heavy (non-hydrogen) atoms. The normalized spacial score (nSPS) is 12.9. The fraction of sp³-hybridized carbons (Fsp3) is 0.250. The van der Waals surface area contributed by atoms with Gasteiger partial charge in [-0.25, -0.2) is 17.5 Å². The van der Waals surface area contributed by atoms with E-state index < -0.39 is 15.8 Å². The van der Waals surface area contributed by atoms with Crippen LogP contribution in [0.25, 0.3) is 0 Å². The van der Waals surface area contributed by atoms with Crippen molar-refractivity contribution in [2.45, 2.75) is 17.9 Å². The molecule has 0 saturated carbocycles. The van der Waals surface area contributed by atoms with Gasteiger partial charge in [0, 0.05) is 25.3 Å². The Balaban J connectivity index is 2.03. The Morgan fingerprint density at radius 3 is 2.45 bits per heavy atom. The van der Waals surface area contributed by atoms with Crippen LogP contribution in [-0.4, -0.2) is 28.1 Å². The molecule has 0 aromatic heterocycles. The van der Waals surface area contributed by atoms with Gasteiger partial charge in [0.2, 0.25) is 10.0 Å². The summed E-state index contributed by atoms with van der Waals surface area (Å²) in [6, 6.07) is 14.6. The van der Waals surface area contributed by atoms with Gasteiger partial charge in [-0.2, -0.15) is 0 Å². The summed E-state index contributed by atoms with van der Waals surface area (Å²) >= 11 is 0. The van der Waals surface area contributed by atoms with E-state index in [2.05, 4.69) is 4.72 Å². The van der Waals surface area contributed by atoms with E-state index in [9.17, 15) is 12.8 Å². The molecule has 0 saturated heterocycles. The second-order valence-corrected chi connectivity index (χ2v) is 6.87. The van der Waals surface area contributed by atoms with Gasteiger partial charge in [-0.15, -0.1) is 0 Å². The summed E-state index contributed by atoms with van der Waals surface area (Å²) in [6.45, 7) is 2.14. The van der Waals surface area contributed by atoms with Crippen molar-refractivity contribution in [3.63, 3.8) is 0 Å². The lowest BCUT2D eigenvalue weighted by Crippen LogP contribution is -2.40. The molecule has 0 spiro atoms. The molecule has 0 aliphatic rings. The van der Waals surface area contributed by atoms with E-state index >= 15 is 0 Å². The average molecular weight is 322 g/mol. The van der Waals surface area contributed by atoms with Crippen LogP contribution in [0.5, 0.6) is 0 Å². The molecule has 0 amide bonds. The van der Waals surface area contributed by atoms with Gasteiger partial charge in [0.15, 0.2) is 0 Å². The zero-order chi connectivity index (χ0) is 16.2. The number of sulfonamides is 1. The van der Waals surface area contributed by atoms with Crippen molar-refractivity contribution in [1.29, 1.82) is 0 Å². The molecule has 0 fully saturated rings. The van der Waals surface area contributed by atoms with Crippen LogP contribution < -0.4 is 9.62 Å². The molecule has 1 atom stereocenters. The van der Waals surface area contributed by atoms with Gasteiger partial charge in [-0.1, -0.05) is 24.3 Å². The number of likely N-dealkylation sites (N-methyl/N-ethyl adjacent to an activating group) is 1. The van der Waals surface area contributed by atoms with Crippen LogP contribution in [0.1, 0.15) is 6.92 Å². The highest BCUT2D eigenvalue weighted by Gasteiger charge is 2.17. The maximum atomic E-state index is 13.1. The maximum absolute atomic E-state index is 13.1. The van der Waals surface area contributed by atoms with Gasteiger partial charge < -0.3 is 4.90 Å². The lowest BCUT2D eigenvalue weighted by atomic mass is 10.2. The van der Waals surface area contributed by atoms with Crippen molar-refractivity contribution in [2.75, 3.05) is 18.5 Å². The Kier molecular flexibility index (Phi) is 5.15. The summed E-state index contributed by atoms with van der Waals surface area (Å²) in [7, 11) is -1.81. The van der Waals surface area contributed by atoms with Crippen molar-refractivity contribution in [1.82, 2.24) is 4.72 Å². The molecule has 0 bridgehead atoms. The summed E-state index contributed by atoms with van der Waals surface area (Å²) in [4.78, 5) is 1.91. The molecular formula is C16H19FN2O2S. The van der Waals surface area contributed by atoms with E-state index in [0.717, 1.165) is 11.8 Å². The number of anilines is 1.